The average molecular weight is 169 g/mol. The fourth-order valence-corrected chi connectivity index (χ4v) is 1.42. The summed E-state index contributed by atoms with van der Waals surface area (Å²) in [4.78, 5) is 5.19. The highest BCUT2D eigenvalue weighted by atomic mass is 32.2. The summed E-state index contributed by atoms with van der Waals surface area (Å²) in [5.41, 5.74) is 0. The second kappa shape index (κ2) is 4.23. The monoisotopic (exact) mass is 169 g/mol. The lowest BCUT2D eigenvalue weighted by Crippen LogP contribution is -1.84. The maximum Gasteiger partial charge on any atom is 0.138 e. The van der Waals surface area contributed by atoms with E-state index >= 15 is 0 Å². The molecule has 0 amide bonds. The summed E-state index contributed by atoms with van der Waals surface area (Å²) in [7, 11) is 1.65. The molecule has 0 atom stereocenters. The van der Waals surface area contributed by atoms with Crippen LogP contribution in [0.25, 0.3) is 0 Å². The maximum absolute atomic E-state index is 5.03. The Labute approximate surface area is 71.0 Å². The van der Waals surface area contributed by atoms with Gasteiger partial charge in [-0.2, -0.15) is 0 Å². The van der Waals surface area contributed by atoms with Crippen LogP contribution in [0.2, 0.25) is 0 Å². The van der Waals surface area contributed by atoms with Crippen LogP contribution < -0.4 is 4.74 Å². The van der Waals surface area contributed by atoms with E-state index in [1.807, 2.05) is 12.3 Å². The second-order valence-corrected chi connectivity index (χ2v) is 3.33. The smallest absolute Gasteiger partial charge is 0.138 e. The average Bonchev–Trinajstić information content (AvgIpc) is 2.06. The molecule has 0 bridgehead atoms. The molecule has 1 rings (SSSR count). The predicted octanol–water partition coefficient (Wildman–Crippen LogP) is 2.20. The SMILES string of the molecule is CCSc1cncc(OC)c1. The zero-order valence-electron chi connectivity index (χ0n) is 6.70. The summed E-state index contributed by atoms with van der Waals surface area (Å²) in [6.07, 6.45) is 3.55. The summed E-state index contributed by atoms with van der Waals surface area (Å²) in [6.45, 7) is 2.12. The quantitative estimate of drug-likeness (QED) is 0.648. The molecule has 11 heavy (non-hydrogen) atoms. The highest BCUT2D eigenvalue weighted by molar-refractivity contribution is 7.99. The van der Waals surface area contributed by atoms with Gasteiger partial charge in [0.25, 0.3) is 0 Å². The first-order valence-electron chi connectivity index (χ1n) is 3.48. The number of pyridine rings is 1. The molecule has 1 heterocycles. The molecule has 60 valence electrons. The van der Waals surface area contributed by atoms with Crippen LogP contribution in [-0.2, 0) is 0 Å². The van der Waals surface area contributed by atoms with Crippen LogP contribution in [0, 0.1) is 0 Å². The molecule has 3 heteroatoms. The van der Waals surface area contributed by atoms with E-state index in [4.69, 9.17) is 4.74 Å². The third-order valence-electron chi connectivity index (χ3n) is 1.23. The molecule has 0 spiro atoms. The zero-order chi connectivity index (χ0) is 8.10. The number of hydrogen-bond acceptors (Lipinski definition) is 3. The first kappa shape index (κ1) is 8.40. The van der Waals surface area contributed by atoms with E-state index in [2.05, 4.69) is 11.9 Å². The molecular weight excluding hydrogens is 158 g/mol. The van der Waals surface area contributed by atoms with E-state index in [1.165, 1.54) is 0 Å². The molecule has 1 aromatic heterocycles. The fourth-order valence-electron chi connectivity index (χ4n) is 0.756. The van der Waals surface area contributed by atoms with Gasteiger partial charge in [-0.3, -0.25) is 4.98 Å². The lowest BCUT2D eigenvalue weighted by Gasteiger charge is -2.00. The summed E-state index contributed by atoms with van der Waals surface area (Å²) >= 11 is 1.76. The van der Waals surface area contributed by atoms with Gasteiger partial charge in [-0.15, -0.1) is 11.8 Å². The Morgan fingerprint density at radius 2 is 2.36 bits per heavy atom. The van der Waals surface area contributed by atoms with Crippen molar-refractivity contribution in [2.45, 2.75) is 11.8 Å². The molecule has 0 aromatic carbocycles. The molecular formula is C8H11NOS. The van der Waals surface area contributed by atoms with Gasteiger partial charge in [0.2, 0.25) is 0 Å². The summed E-state index contributed by atoms with van der Waals surface area (Å²) in [6, 6.07) is 1.99. The standard InChI is InChI=1S/C8H11NOS/c1-3-11-8-4-7(10-2)5-9-6-8/h4-6H,3H2,1-2H3. The van der Waals surface area contributed by atoms with Crippen molar-refractivity contribution in [2.75, 3.05) is 12.9 Å². The molecule has 0 unspecified atom stereocenters. The van der Waals surface area contributed by atoms with E-state index in [0.29, 0.717) is 0 Å². The Hall–Kier alpha value is -0.700. The van der Waals surface area contributed by atoms with E-state index in [1.54, 1.807) is 25.1 Å². The Kier molecular flexibility index (Phi) is 3.23. The van der Waals surface area contributed by atoms with Crippen LogP contribution in [-0.4, -0.2) is 17.8 Å². The number of hydrogen-bond donors (Lipinski definition) is 0. The van der Waals surface area contributed by atoms with Crippen molar-refractivity contribution >= 4 is 11.8 Å². The first-order chi connectivity index (χ1) is 5.36. The normalized spacial score (nSPS) is 9.64. The van der Waals surface area contributed by atoms with Crippen LogP contribution in [0.1, 0.15) is 6.92 Å². The molecule has 0 fully saturated rings. The van der Waals surface area contributed by atoms with Crippen LogP contribution >= 0.6 is 11.8 Å². The Morgan fingerprint density at radius 3 is 3.00 bits per heavy atom. The Morgan fingerprint density at radius 1 is 1.55 bits per heavy atom. The van der Waals surface area contributed by atoms with Crippen molar-refractivity contribution in [3.63, 3.8) is 0 Å². The molecule has 0 saturated heterocycles. The Bertz CT molecular complexity index is 227. The molecule has 0 N–H and O–H groups in total. The largest absolute Gasteiger partial charge is 0.495 e. The van der Waals surface area contributed by atoms with Crippen molar-refractivity contribution in [1.29, 1.82) is 0 Å². The molecule has 0 aliphatic carbocycles. The lowest BCUT2D eigenvalue weighted by molar-refractivity contribution is 0.411. The van der Waals surface area contributed by atoms with Crippen molar-refractivity contribution in [1.82, 2.24) is 4.98 Å². The van der Waals surface area contributed by atoms with Gasteiger partial charge in [-0.05, 0) is 11.8 Å². The molecule has 0 aliphatic rings. The number of methoxy groups -OCH3 is 1. The molecule has 0 saturated carbocycles. The molecule has 1 aromatic rings. The number of thioether (sulfide) groups is 1. The first-order valence-corrected chi connectivity index (χ1v) is 4.47. The van der Waals surface area contributed by atoms with Gasteiger partial charge in [0.1, 0.15) is 5.75 Å². The third kappa shape index (κ3) is 2.42. The Balaban J connectivity index is 2.74. The van der Waals surface area contributed by atoms with Gasteiger partial charge in [0, 0.05) is 11.1 Å². The van der Waals surface area contributed by atoms with Gasteiger partial charge in [0.15, 0.2) is 0 Å². The summed E-state index contributed by atoms with van der Waals surface area (Å²) < 4.78 is 5.03. The topological polar surface area (TPSA) is 22.1 Å². The van der Waals surface area contributed by atoms with Gasteiger partial charge in [0.05, 0.1) is 13.3 Å². The van der Waals surface area contributed by atoms with Crippen LogP contribution in [0.5, 0.6) is 5.75 Å². The van der Waals surface area contributed by atoms with E-state index in [9.17, 15) is 0 Å². The summed E-state index contributed by atoms with van der Waals surface area (Å²) in [5, 5.41) is 0. The van der Waals surface area contributed by atoms with Crippen molar-refractivity contribution in [3.8, 4) is 5.75 Å². The number of rotatable bonds is 3. The van der Waals surface area contributed by atoms with Gasteiger partial charge in [-0.25, -0.2) is 0 Å². The minimum atomic E-state index is 0.823. The van der Waals surface area contributed by atoms with Crippen LogP contribution in [0.3, 0.4) is 0 Å². The van der Waals surface area contributed by atoms with Crippen molar-refractivity contribution in [3.05, 3.63) is 18.5 Å². The minimum Gasteiger partial charge on any atom is -0.495 e. The van der Waals surface area contributed by atoms with Crippen LogP contribution in [0.4, 0.5) is 0 Å². The highest BCUT2D eigenvalue weighted by Crippen LogP contribution is 2.20. The molecule has 0 radical (unpaired) electrons. The van der Waals surface area contributed by atoms with E-state index in [-0.39, 0.29) is 0 Å². The highest BCUT2D eigenvalue weighted by Gasteiger charge is 1.94. The lowest BCUT2D eigenvalue weighted by atomic mass is 10.5. The van der Waals surface area contributed by atoms with Crippen molar-refractivity contribution in [2.24, 2.45) is 0 Å². The number of nitrogens with zero attached hydrogens (tertiary/aromatic N) is 1. The third-order valence-corrected chi connectivity index (χ3v) is 2.08. The fraction of sp³-hybridized carbons (Fsp3) is 0.375. The van der Waals surface area contributed by atoms with E-state index < -0.39 is 0 Å². The van der Waals surface area contributed by atoms with Gasteiger partial charge < -0.3 is 4.74 Å². The zero-order valence-corrected chi connectivity index (χ0v) is 7.52. The number of aromatic nitrogens is 1. The van der Waals surface area contributed by atoms with Gasteiger partial charge >= 0.3 is 0 Å². The summed E-state index contributed by atoms with van der Waals surface area (Å²) in [5.74, 6) is 1.89. The molecule has 0 aliphatic heterocycles. The predicted molar refractivity (Wildman–Crippen MR) is 47.2 cm³/mol. The molecule has 2 nitrogen and oxygen atoms in total. The minimum absolute atomic E-state index is 0.823. The number of ether oxygens (including phenoxy) is 1. The van der Waals surface area contributed by atoms with Crippen LogP contribution in [0.15, 0.2) is 23.4 Å². The maximum atomic E-state index is 5.03. The van der Waals surface area contributed by atoms with Gasteiger partial charge in [-0.1, -0.05) is 6.92 Å². The van der Waals surface area contributed by atoms with E-state index in [0.717, 1.165) is 16.4 Å². The second-order valence-electron chi connectivity index (χ2n) is 1.99. The van der Waals surface area contributed by atoms with Crippen molar-refractivity contribution < 1.29 is 4.74 Å².